The maximum atomic E-state index is 5.46. The average molecular weight is 355 g/mol. The highest BCUT2D eigenvalue weighted by Crippen LogP contribution is 2.21. The Morgan fingerprint density at radius 1 is 0.962 bits per heavy atom. The van der Waals surface area contributed by atoms with Crippen LogP contribution in [0, 0.1) is 6.92 Å². The van der Waals surface area contributed by atoms with E-state index < -0.39 is 0 Å². The predicted molar refractivity (Wildman–Crippen MR) is 102 cm³/mol. The van der Waals surface area contributed by atoms with Crippen LogP contribution in [0.5, 0.6) is 0 Å². The Bertz CT molecular complexity index is 706. The van der Waals surface area contributed by atoms with Gasteiger partial charge in [-0.15, -0.1) is 0 Å². The Labute approximate surface area is 153 Å². The summed E-state index contributed by atoms with van der Waals surface area (Å²) in [4.78, 5) is 18.5. The van der Waals surface area contributed by atoms with Crippen molar-refractivity contribution in [3.8, 4) is 0 Å². The summed E-state index contributed by atoms with van der Waals surface area (Å²) in [6.07, 6.45) is 0. The SMILES string of the molecule is Cc1cccc(Nc2nc(N3CCNCC3)nc(N3CCOCC3)n2)c1. The van der Waals surface area contributed by atoms with Gasteiger partial charge < -0.3 is 25.2 Å². The molecule has 2 aromatic rings. The van der Waals surface area contributed by atoms with E-state index in [4.69, 9.17) is 9.72 Å². The monoisotopic (exact) mass is 355 g/mol. The van der Waals surface area contributed by atoms with E-state index >= 15 is 0 Å². The van der Waals surface area contributed by atoms with Crippen LogP contribution in [0.1, 0.15) is 5.56 Å². The molecule has 1 aromatic carbocycles. The number of hydrogen-bond acceptors (Lipinski definition) is 8. The van der Waals surface area contributed by atoms with Gasteiger partial charge in [0.05, 0.1) is 13.2 Å². The Hall–Kier alpha value is -2.45. The maximum absolute atomic E-state index is 5.46. The lowest BCUT2D eigenvalue weighted by Gasteiger charge is -2.30. The minimum absolute atomic E-state index is 0.584. The largest absolute Gasteiger partial charge is 0.378 e. The van der Waals surface area contributed by atoms with Crippen molar-refractivity contribution in [3.05, 3.63) is 29.8 Å². The van der Waals surface area contributed by atoms with E-state index in [1.807, 2.05) is 12.1 Å². The molecule has 0 unspecified atom stereocenters. The summed E-state index contributed by atoms with van der Waals surface area (Å²) in [6.45, 7) is 8.77. The maximum Gasteiger partial charge on any atom is 0.233 e. The molecular weight excluding hydrogens is 330 g/mol. The fourth-order valence-electron chi connectivity index (χ4n) is 3.17. The minimum atomic E-state index is 0.584. The molecule has 8 nitrogen and oxygen atoms in total. The number of ether oxygens (including phenoxy) is 1. The van der Waals surface area contributed by atoms with Crippen molar-refractivity contribution in [2.24, 2.45) is 0 Å². The highest BCUT2D eigenvalue weighted by molar-refractivity contribution is 5.57. The molecule has 0 saturated carbocycles. The van der Waals surface area contributed by atoms with Gasteiger partial charge >= 0.3 is 0 Å². The van der Waals surface area contributed by atoms with Gasteiger partial charge in [0.1, 0.15) is 0 Å². The molecule has 4 rings (SSSR count). The zero-order chi connectivity index (χ0) is 17.8. The number of rotatable bonds is 4. The Morgan fingerprint density at radius 3 is 2.35 bits per heavy atom. The van der Waals surface area contributed by atoms with Crippen molar-refractivity contribution in [1.82, 2.24) is 20.3 Å². The van der Waals surface area contributed by atoms with Gasteiger partial charge in [-0.1, -0.05) is 12.1 Å². The molecule has 1 aromatic heterocycles. The molecule has 0 radical (unpaired) electrons. The standard InChI is InChI=1S/C18H25N7O/c1-14-3-2-4-15(13-14)20-16-21-17(24-7-5-19-6-8-24)23-18(22-16)25-9-11-26-12-10-25/h2-4,13,19H,5-12H2,1H3,(H,20,21,22,23). The fraction of sp³-hybridized carbons (Fsp3) is 0.500. The van der Waals surface area contributed by atoms with Crippen molar-refractivity contribution in [1.29, 1.82) is 0 Å². The number of nitrogens with one attached hydrogen (secondary N) is 2. The smallest absolute Gasteiger partial charge is 0.233 e. The third-order valence-electron chi connectivity index (χ3n) is 4.58. The second kappa shape index (κ2) is 7.84. The molecule has 0 aliphatic carbocycles. The molecule has 8 heteroatoms. The number of aromatic nitrogens is 3. The molecule has 2 N–H and O–H groups in total. The van der Waals surface area contributed by atoms with E-state index in [-0.39, 0.29) is 0 Å². The van der Waals surface area contributed by atoms with Crippen LogP contribution in [0.2, 0.25) is 0 Å². The highest BCUT2D eigenvalue weighted by atomic mass is 16.5. The minimum Gasteiger partial charge on any atom is -0.378 e. The van der Waals surface area contributed by atoms with Gasteiger partial charge in [0.25, 0.3) is 0 Å². The Morgan fingerprint density at radius 2 is 1.65 bits per heavy atom. The van der Waals surface area contributed by atoms with Crippen LogP contribution >= 0.6 is 0 Å². The first-order valence-corrected chi connectivity index (χ1v) is 9.16. The second-order valence-corrected chi connectivity index (χ2v) is 6.59. The molecule has 0 spiro atoms. The molecule has 26 heavy (non-hydrogen) atoms. The number of anilines is 4. The summed E-state index contributed by atoms with van der Waals surface area (Å²) < 4.78 is 5.46. The van der Waals surface area contributed by atoms with Crippen molar-refractivity contribution >= 4 is 23.5 Å². The molecule has 2 saturated heterocycles. The van der Waals surface area contributed by atoms with Crippen molar-refractivity contribution in [3.63, 3.8) is 0 Å². The van der Waals surface area contributed by atoms with Crippen LogP contribution < -0.4 is 20.4 Å². The van der Waals surface area contributed by atoms with Gasteiger partial charge in [-0.05, 0) is 24.6 Å². The zero-order valence-electron chi connectivity index (χ0n) is 15.1. The van der Waals surface area contributed by atoms with E-state index in [9.17, 15) is 0 Å². The summed E-state index contributed by atoms with van der Waals surface area (Å²) in [5, 5.41) is 6.71. The van der Waals surface area contributed by atoms with E-state index in [0.29, 0.717) is 25.1 Å². The second-order valence-electron chi connectivity index (χ2n) is 6.59. The summed E-state index contributed by atoms with van der Waals surface area (Å²) in [7, 11) is 0. The van der Waals surface area contributed by atoms with E-state index in [1.165, 1.54) is 5.56 Å². The van der Waals surface area contributed by atoms with Gasteiger partial charge in [0.2, 0.25) is 17.8 Å². The van der Waals surface area contributed by atoms with Crippen LogP contribution in [0.4, 0.5) is 23.5 Å². The lowest BCUT2D eigenvalue weighted by atomic mass is 10.2. The number of nitrogens with zero attached hydrogens (tertiary/aromatic N) is 5. The van der Waals surface area contributed by atoms with Crippen LogP contribution in [0.15, 0.2) is 24.3 Å². The molecule has 2 aliphatic rings. The first-order valence-electron chi connectivity index (χ1n) is 9.16. The third kappa shape index (κ3) is 4.03. The van der Waals surface area contributed by atoms with E-state index in [2.05, 4.69) is 49.5 Å². The van der Waals surface area contributed by atoms with Crippen LogP contribution in [-0.4, -0.2) is 67.4 Å². The summed E-state index contributed by atoms with van der Waals surface area (Å²) in [5.74, 6) is 2.03. The highest BCUT2D eigenvalue weighted by Gasteiger charge is 2.20. The summed E-state index contributed by atoms with van der Waals surface area (Å²) in [6, 6.07) is 8.21. The third-order valence-corrected chi connectivity index (χ3v) is 4.58. The Kier molecular flexibility index (Phi) is 5.12. The van der Waals surface area contributed by atoms with Crippen LogP contribution in [0.3, 0.4) is 0 Å². The molecule has 138 valence electrons. The first-order chi connectivity index (χ1) is 12.8. The van der Waals surface area contributed by atoms with Crippen LogP contribution in [-0.2, 0) is 4.74 Å². The molecule has 0 bridgehead atoms. The van der Waals surface area contributed by atoms with Crippen molar-refractivity contribution in [2.75, 3.05) is 67.6 Å². The van der Waals surface area contributed by atoms with Crippen molar-refractivity contribution in [2.45, 2.75) is 6.92 Å². The topological polar surface area (TPSA) is 78.4 Å². The number of benzene rings is 1. The molecular formula is C18H25N7O. The molecule has 0 atom stereocenters. The lowest BCUT2D eigenvalue weighted by molar-refractivity contribution is 0.122. The molecule has 3 heterocycles. The lowest BCUT2D eigenvalue weighted by Crippen LogP contribution is -2.44. The van der Waals surface area contributed by atoms with Gasteiger partial charge in [0, 0.05) is 45.0 Å². The fourth-order valence-corrected chi connectivity index (χ4v) is 3.17. The summed E-state index contributed by atoms with van der Waals surface area (Å²) in [5.41, 5.74) is 2.18. The normalized spacial score (nSPS) is 18.0. The zero-order valence-corrected chi connectivity index (χ0v) is 15.1. The molecule has 0 amide bonds. The number of morpholine rings is 1. The predicted octanol–water partition coefficient (Wildman–Crippen LogP) is 1.17. The van der Waals surface area contributed by atoms with Gasteiger partial charge in [-0.3, -0.25) is 0 Å². The number of aryl methyl sites for hydroxylation is 1. The van der Waals surface area contributed by atoms with E-state index in [0.717, 1.165) is 50.9 Å². The van der Waals surface area contributed by atoms with E-state index in [1.54, 1.807) is 0 Å². The number of piperazine rings is 1. The van der Waals surface area contributed by atoms with Gasteiger partial charge in [-0.2, -0.15) is 15.0 Å². The summed E-state index contributed by atoms with van der Waals surface area (Å²) >= 11 is 0. The Balaban J connectivity index is 1.64. The first kappa shape index (κ1) is 17.0. The molecule has 2 fully saturated rings. The molecule has 2 aliphatic heterocycles. The van der Waals surface area contributed by atoms with Gasteiger partial charge in [-0.25, -0.2) is 0 Å². The van der Waals surface area contributed by atoms with Crippen LogP contribution in [0.25, 0.3) is 0 Å². The average Bonchev–Trinajstić information content (AvgIpc) is 2.69. The van der Waals surface area contributed by atoms with Crippen molar-refractivity contribution < 1.29 is 4.74 Å². The quantitative estimate of drug-likeness (QED) is 0.846. The van der Waals surface area contributed by atoms with Gasteiger partial charge in [0.15, 0.2) is 0 Å². The number of hydrogen-bond donors (Lipinski definition) is 2.